The Morgan fingerprint density at radius 1 is 0.906 bits per heavy atom. The van der Waals surface area contributed by atoms with Crippen LogP contribution < -0.4 is 10.4 Å². The molecule has 0 fully saturated rings. The van der Waals surface area contributed by atoms with Gasteiger partial charge in [0.25, 0.3) is 5.56 Å². The van der Waals surface area contributed by atoms with Crippen LogP contribution in [0.5, 0.6) is 0 Å². The second kappa shape index (κ2) is 8.08. The van der Waals surface area contributed by atoms with E-state index in [-0.39, 0.29) is 11.2 Å². The Hall–Kier alpha value is -3.73. The highest BCUT2D eigenvalue weighted by Crippen LogP contribution is 2.25. The van der Waals surface area contributed by atoms with Gasteiger partial charge in [-0.1, -0.05) is 63.2 Å². The topological polar surface area (TPSA) is 61.2 Å². The molecular weight excluding hydrogens is 400 g/mol. The van der Waals surface area contributed by atoms with Crippen LogP contribution in [0.1, 0.15) is 47.8 Å². The molecule has 1 heterocycles. The van der Waals surface area contributed by atoms with E-state index in [1.165, 1.54) is 0 Å². The molecule has 0 bridgehead atoms. The summed E-state index contributed by atoms with van der Waals surface area (Å²) >= 11 is 0. The van der Waals surface area contributed by atoms with E-state index in [9.17, 15) is 9.59 Å². The fourth-order valence-corrected chi connectivity index (χ4v) is 3.51. The van der Waals surface area contributed by atoms with Gasteiger partial charge in [-0.05, 0) is 60.2 Å². The molecule has 0 aliphatic heterocycles. The number of hydrogen-bond acceptors (Lipinski definition) is 4. The van der Waals surface area contributed by atoms with Crippen molar-refractivity contribution in [1.29, 1.82) is 0 Å². The van der Waals surface area contributed by atoms with E-state index in [1.807, 2.05) is 50.2 Å². The lowest BCUT2D eigenvalue weighted by atomic mass is 9.86. The number of para-hydroxylation sites is 1. The second-order valence-corrected chi connectivity index (χ2v) is 9.06. The van der Waals surface area contributed by atoms with Gasteiger partial charge in [-0.2, -0.15) is 0 Å². The smallest absolute Gasteiger partial charge is 0.326 e. The summed E-state index contributed by atoms with van der Waals surface area (Å²) in [6.45, 7) is 10.3. The highest BCUT2D eigenvalue weighted by atomic mass is 16.7. The summed E-state index contributed by atoms with van der Waals surface area (Å²) in [7, 11) is 0. The van der Waals surface area contributed by atoms with Gasteiger partial charge in [-0.25, -0.2) is 9.78 Å². The zero-order valence-corrected chi connectivity index (χ0v) is 19.0. The molecule has 0 unspecified atom stereocenters. The van der Waals surface area contributed by atoms with Crippen LogP contribution in [0.15, 0.2) is 71.5 Å². The summed E-state index contributed by atoms with van der Waals surface area (Å²) in [6, 6.07) is 20.2. The Bertz CT molecular complexity index is 1380. The minimum atomic E-state index is -0.611. The molecular formula is C27H26N2O3. The van der Waals surface area contributed by atoms with Crippen molar-refractivity contribution >= 4 is 16.9 Å². The molecule has 0 aliphatic rings. The molecule has 0 atom stereocenters. The summed E-state index contributed by atoms with van der Waals surface area (Å²) in [5.41, 5.74) is 4.38. The fourth-order valence-electron chi connectivity index (χ4n) is 3.51. The largest absolute Gasteiger partial charge is 0.363 e. The molecule has 0 spiro atoms. The first-order valence-corrected chi connectivity index (χ1v) is 10.6. The van der Waals surface area contributed by atoms with Crippen LogP contribution in [0.4, 0.5) is 0 Å². The number of hydrogen-bond donors (Lipinski definition) is 0. The molecule has 5 nitrogen and oxygen atoms in total. The minimum Gasteiger partial charge on any atom is -0.326 e. The van der Waals surface area contributed by atoms with Gasteiger partial charge in [0.15, 0.2) is 5.82 Å². The maximum Gasteiger partial charge on any atom is 0.363 e. The van der Waals surface area contributed by atoms with Crippen LogP contribution >= 0.6 is 0 Å². The molecule has 0 aliphatic carbocycles. The number of benzene rings is 3. The maximum atomic E-state index is 13.3. The average molecular weight is 427 g/mol. The molecule has 3 aromatic carbocycles. The van der Waals surface area contributed by atoms with Gasteiger partial charge in [-0.3, -0.25) is 4.79 Å². The summed E-state index contributed by atoms with van der Waals surface area (Å²) in [4.78, 5) is 36.5. The molecule has 0 radical (unpaired) electrons. The van der Waals surface area contributed by atoms with Crippen molar-refractivity contribution < 1.29 is 9.63 Å². The van der Waals surface area contributed by atoms with Gasteiger partial charge in [0.05, 0.1) is 16.5 Å². The highest BCUT2D eigenvalue weighted by Gasteiger charge is 2.19. The number of carbonyl (C=O) groups is 1. The molecule has 0 saturated heterocycles. The summed E-state index contributed by atoms with van der Waals surface area (Å²) in [6.07, 6.45) is 0. The minimum absolute atomic E-state index is 0.00915. The van der Waals surface area contributed by atoms with Crippen molar-refractivity contribution in [3.63, 3.8) is 0 Å². The normalized spacial score (nSPS) is 11.5. The second-order valence-electron chi connectivity index (χ2n) is 9.06. The zero-order valence-electron chi connectivity index (χ0n) is 19.0. The van der Waals surface area contributed by atoms with Gasteiger partial charge in [0.1, 0.15) is 0 Å². The SMILES string of the molecule is Cc1ccc(C(=O)On2c(-c3ccc(C(C)(C)C)cc3)nc3ccccc3c2=O)cc1C. The monoisotopic (exact) mass is 426 g/mol. The molecule has 5 heteroatoms. The van der Waals surface area contributed by atoms with E-state index in [1.54, 1.807) is 30.3 Å². The molecule has 0 amide bonds. The Morgan fingerprint density at radius 2 is 1.59 bits per heavy atom. The Labute approximate surface area is 187 Å². The Balaban J connectivity index is 1.85. The van der Waals surface area contributed by atoms with Gasteiger partial charge in [0, 0.05) is 5.56 Å². The number of rotatable bonds is 3. The standard InChI is InChI=1S/C27H26N2O3/c1-17-10-11-20(16-18(17)2)26(31)32-29-24(19-12-14-21(15-13-19)27(3,4)5)28-23-9-7-6-8-22(23)25(29)30/h6-16H,1-5H3. The van der Waals surface area contributed by atoms with Gasteiger partial charge < -0.3 is 4.84 Å². The fraction of sp³-hybridized carbons (Fsp3) is 0.222. The molecule has 162 valence electrons. The van der Waals surface area contributed by atoms with E-state index >= 15 is 0 Å². The number of nitrogens with zero attached hydrogens (tertiary/aromatic N) is 2. The van der Waals surface area contributed by atoms with Crippen LogP contribution in [0.25, 0.3) is 22.3 Å². The third-order valence-electron chi connectivity index (χ3n) is 5.66. The number of fused-ring (bicyclic) bond motifs is 1. The number of carbonyl (C=O) groups excluding carboxylic acids is 1. The van der Waals surface area contributed by atoms with Crippen LogP contribution in [-0.4, -0.2) is 15.7 Å². The molecule has 1 aromatic heterocycles. The first-order valence-electron chi connectivity index (χ1n) is 10.6. The van der Waals surface area contributed by atoms with Crippen molar-refractivity contribution in [3.05, 3.63) is 99.3 Å². The van der Waals surface area contributed by atoms with E-state index in [0.717, 1.165) is 21.4 Å². The average Bonchev–Trinajstić information content (AvgIpc) is 2.77. The number of aromatic nitrogens is 2. The van der Waals surface area contributed by atoms with E-state index in [0.29, 0.717) is 22.0 Å². The van der Waals surface area contributed by atoms with Gasteiger partial charge in [-0.15, -0.1) is 4.73 Å². The Kier molecular flexibility index (Phi) is 5.43. The number of aryl methyl sites for hydroxylation is 2. The predicted octanol–water partition coefficient (Wildman–Crippen LogP) is 5.25. The van der Waals surface area contributed by atoms with Crippen LogP contribution in [-0.2, 0) is 5.41 Å². The summed E-state index contributed by atoms with van der Waals surface area (Å²) < 4.78 is 1.01. The Morgan fingerprint density at radius 3 is 2.25 bits per heavy atom. The predicted molar refractivity (Wildman–Crippen MR) is 127 cm³/mol. The zero-order chi connectivity index (χ0) is 23.0. The first kappa shape index (κ1) is 21.5. The third kappa shape index (κ3) is 4.06. The van der Waals surface area contributed by atoms with Gasteiger partial charge >= 0.3 is 5.97 Å². The quantitative estimate of drug-likeness (QED) is 0.449. The van der Waals surface area contributed by atoms with Crippen molar-refractivity contribution in [2.24, 2.45) is 0 Å². The lowest BCUT2D eigenvalue weighted by Gasteiger charge is -2.19. The van der Waals surface area contributed by atoms with Crippen molar-refractivity contribution in [1.82, 2.24) is 9.71 Å². The molecule has 0 N–H and O–H groups in total. The summed E-state index contributed by atoms with van der Waals surface area (Å²) in [5.74, 6) is -0.328. The lowest BCUT2D eigenvalue weighted by molar-refractivity contribution is 0.0449. The van der Waals surface area contributed by atoms with E-state index in [4.69, 9.17) is 4.84 Å². The van der Waals surface area contributed by atoms with Crippen molar-refractivity contribution in [3.8, 4) is 11.4 Å². The lowest BCUT2D eigenvalue weighted by Crippen LogP contribution is -2.33. The molecule has 4 rings (SSSR count). The van der Waals surface area contributed by atoms with E-state index < -0.39 is 11.5 Å². The van der Waals surface area contributed by atoms with Crippen molar-refractivity contribution in [2.45, 2.75) is 40.0 Å². The van der Waals surface area contributed by atoms with Crippen LogP contribution in [0.2, 0.25) is 0 Å². The third-order valence-corrected chi connectivity index (χ3v) is 5.66. The van der Waals surface area contributed by atoms with Crippen LogP contribution in [0, 0.1) is 13.8 Å². The highest BCUT2D eigenvalue weighted by molar-refractivity contribution is 5.90. The summed E-state index contributed by atoms with van der Waals surface area (Å²) in [5, 5.41) is 0.385. The molecule has 0 saturated carbocycles. The van der Waals surface area contributed by atoms with Crippen LogP contribution in [0.3, 0.4) is 0 Å². The van der Waals surface area contributed by atoms with Gasteiger partial charge in [0.2, 0.25) is 0 Å². The van der Waals surface area contributed by atoms with E-state index in [2.05, 4.69) is 25.8 Å². The van der Waals surface area contributed by atoms with Crippen molar-refractivity contribution in [2.75, 3.05) is 0 Å². The molecule has 4 aromatic rings. The first-order chi connectivity index (χ1) is 15.1. The molecule has 32 heavy (non-hydrogen) atoms. The maximum absolute atomic E-state index is 13.3.